The van der Waals surface area contributed by atoms with Crippen LogP contribution in [0.1, 0.15) is 6.42 Å². The lowest BCUT2D eigenvalue weighted by molar-refractivity contribution is 0.951. The van der Waals surface area contributed by atoms with Crippen molar-refractivity contribution < 1.29 is 0 Å². The Kier molecular flexibility index (Phi) is 4.75. The first-order valence-electron chi connectivity index (χ1n) is 7.26. The fourth-order valence-electron chi connectivity index (χ4n) is 2.45. The lowest BCUT2D eigenvalue weighted by Gasteiger charge is -2.14. The van der Waals surface area contributed by atoms with E-state index in [1.165, 1.54) is 4.57 Å². The van der Waals surface area contributed by atoms with Crippen molar-refractivity contribution in [2.24, 2.45) is 0 Å². The third-order valence-corrected chi connectivity index (χ3v) is 4.06. The van der Waals surface area contributed by atoms with Gasteiger partial charge in [-0.2, -0.15) is 4.98 Å². The number of benzene rings is 2. The second-order valence-electron chi connectivity index (χ2n) is 5.07. The molecule has 0 spiro atoms. The summed E-state index contributed by atoms with van der Waals surface area (Å²) in [5.41, 5.74) is 0.735. The predicted molar refractivity (Wildman–Crippen MR) is 99.3 cm³/mol. The first-order valence-corrected chi connectivity index (χ1v) is 8.02. The van der Waals surface area contributed by atoms with Gasteiger partial charge < -0.3 is 5.32 Å². The summed E-state index contributed by atoms with van der Waals surface area (Å²) in [6, 6.07) is 12.4. The SMILES string of the molecule is C#CCCNc1nc(=O)n(-c2ccccc2Cl)c2cc(Cl)ccc12. The van der Waals surface area contributed by atoms with Gasteiger partial charge in [0.25, 0.3) is 0 Å². The molecule has 0 aliphatic heterocycles. The van der Waals surface area contributed by atoms with Gasteiger partial charge in [-0.15, -0.1) is 12.3 Å². The Morgan fingerprint density at radius 1 is 1.21 bits per heavy atom. The highest BCUT2D eigenvalue weighted by molar-refractivity contribution is 6.32. The van der Waals surface area contributed by atoms with Gasteiger partial charge >= 0.3 is 5.69 Å². The molecular weight excluding hydrogens is 345 g/mol. The maximum Gasteiger partial charge on any atom is 0.354 e. The molecule has 0 fully saturated rings. The van der Waals surface area contributed by atoms with Crippen LogP contribution in [0.4, 0.5) is 5.82 Å². The van der Waals surface area contributed by atoms with Crippen LogP contribution in [0.25, 0.3) is 16.6 Å². The molecule has 0 aliphatic carbocycles. The molecule has 3 rings (SSSR count). The maximum atomic E-state index is 12.6. The Morgan fingerprint density at radius 3 is 2.75 bits per heavy atom. The summed E-state index contributed by atoms with van der Waals surface area (Å²) in [6.45, 7) is 0.525. The highest BCUT2D eigenvalue weighted by Crippen LogP contribution is 2.27. The maximum absolute atomic E-state index is 12.6. The van der Waals surface area contributed by atoms with Gasteiger partial charge in [-0.3, -0.25) is 4.57 Å². The highest BCUT2D eigenvalue weighted by Gasteiger charge is 2.14. The molecular formula is C18H13Cl2N3O. The number of aromatic nitrogens is 2. The number of hydrogen-bond acceptors (Lipinski definition) is 3. The quantitative estimate of drug-likeness (QED) is 0.564. The summed E-state index contributed by atoms with van der Waals surface area (Å²) in [4.78, 5) is 16.8. The van der Waals surface area contributed by atoms with Gasteiger partial charge in [-0.05, 0) is 30.3 Å². The molecule has 24 heavy (non-hydrogen) atoms. The first-order chi connectivity index (χ1) is 11.6. The molecule has 2 aromatic carbocycles. The van der Waals surface area contributed by atoms with Gasteiger partial charge in [0.15, 0.2) is 0 Å². The van der Waals surface area contributed by atoms with Gasteiger partial charge in [-0.1, -0.05) is 35.3 Å². The third kappa shape index (κ3) is 3.09. The zero-order valence-electron chi connectivity index (χ0n) is 12.6. The minimum absolute atomic E-state index is 0.443. The van der Waals surface area contributed by atoms with Crippen molar-refractivity contribution in [2.45, 2.75) is 6.42 Å². The van der Waals surface area contributed by atoms with E-state index >= 15 is 0 Å². The lowest BCUT2D eigenvalue weighted by Crippen LogP contribution is -2.24. The van der Waals surface area contributed by atoms with E-state index in [2.05, 4.69) is 16.2 Å². The van der Waals surface area contributed by atoms with Crippen LogP contribution in [0, 0.1) is 12.3 Å². The van der Waals surface area contributed by atoms with Crippen molar-refractivity contribution in [3.8, 4) is 18.0 Å². The fourth-order valence-corrected chi connectivity index (χ4v) is 2.84. The molecule has 120 valence electrons. The molecule has 1 heterocycles. The van der Waals surface area contributed by atoms with E-state index in [1.807, 2.05) is 12.1 Å². The summed E-state index contributed by atoms with van der Waals surface area (Å²) in [6.07, 6.45) is 5.80. The number of hydrogen-bond donors (Lipinski definition) is 1. The highest BCUT2D eigenvalue weighted by atomic mass is 35.5. The van der Waals surface area contributed by atoms with E-state index in [-0.39, 0.29) is 0 Å². The molecule has 0 bridgehead atoms. The largest absolute Gasteiger partial charge is 0.368 e. The van der Waals surface area contributed by atoms with Crippen molar-refractivity contribution >= 4 is 39.9 Å². The number of fused-ring (bicyclic) bond motifs is 1. The number of rotatable bonds is 4. The molecule has 0 radical (unpaired) electrons. The van der Waals surface area contributed by atoms with Gasteiger partial charge in [0.05, 0.1) is 16.2 Å². The zero-order valence-corrected chi connectivity index (χ0v) is 14.1. The Bertz CT molecular complexity index is 1010. The molecule has 0 amide bonds. The van der Waals surface area contributed by atoms with Crippen LogP contribution >= 0.6 is 23.2 Å². The Morgan fingerprint density at radius 2 is 2.00 bits per heavy atom. The standard InChI is InChI=1S/C18H13Cl2N3O/c1-2-3-10-21-17-13-9-8-12(19)11-16(13)23(18(24)22-17)15-7-5-4-6-14(15)20/h1,4-9,11H,3,10H2,(H,21,22,24). The van der Waals surface area contributed by atoms with Gasteiger partial charge in [0.1, 0.15) is 5.82 Å². The predicted octanol–water partition coefficient (Wildman–Crippen LogP) is 4.13. The van der Waals surface area contributed by atoms with Crippen molar-refractivity contribution in [2.75, 3.05) is 11.9 Å². The van der Waals surface area contributed by atoms with Crippen molar-refractivity contribution in [1.29, 1.82) is 0 Å². The van der Waals surface area contributed by atoms with E-state index < -0.39 is 5.69 Å². The normalized spacial score (nSPS) is 10.5. The fraction of sp³-hybridized carbons (Fsp3) is 0.111. The van der Waals surface area contributed by atoms with Crippen molar-refractivity contribution in [3.63, 3.8) is 0 Å². The number of nitrogens with zero attached hydrogens (tertiary/aromatic N) is 2. The van der Waals surface area contributed by atoms with E-state index in [0.29, 0.717) is 40.0 Å². The second-order valence-corrected chi connectivity index (χ2v) is 5.92. The number of nitrogens with one attached hydrogen (secondary N) is 1. The summed E-state index contributed by atoms with van der Waals surface area (Å²) in [5.74, 6) is 3.02. The molecule has 1 aromatic heterocycles. The topological polar surface area (TPSA) is 46.9 Å². The van der Waals surface area contributed by atoms with Gasteiger partial charge in [-0.25, -0.2) is 4.79 Å². The summed E-state index contributed by atoms with van der Waals surface area (Å²) in [5, 5.41) is 4.83. The molecule has 3 aromatic rings. The molecule has 0 saturated heterocycles. The van der Waals surface area contributed by atoms with E-state index in [4.69, 9.17) is 29.6 Å². The average molecular weight is 358 g/mol. The molecule has 4 nitrogen and oxygen atoms in total. The number of para-hydroxylation sites is 1. The van der Waals surface area contributed by atoms with E-state index in [1.54, 1.807) is 30.3 Å². The van der Waals surface area contributed by atoms with Crippen LogP contribution in [0.5, 0.6) is 0 Å². The Balaban J connectivity index is 2.28. The molecule has 0 saturated carbocycles. The summed E-state index contributed by atoms with van der Waals surface area (Å²) >= 11 is 12.4. The number of terminal acetylenes is 1. The van der Waals surface area contributed by atoms with Gasteiger partial charge in [0.2, 0.25) is 0 Å². The minimum atomic E-state index is -0.443. The average Bonchev–Trinajstić information content (AvgIpc) is 2.56. The van der Waals surface area contributed by atoms with E-state index in [9.17, 15) is 4.79 Å². The van der Waals surface area contributed by atoms with Crippen molar-refractivity contribution in [1.82, 2.24) is 9.55 Å². The van der Waals surface area contributed by atoms with Crippen LogP contribution in [-0.2, 0) is 0 Å². The molecule has 6 heteroatoms. The number of anilines is 1. The Labute approximate surface area is 149 Å². The van der Waals surface area contributed by atoms with Crippen LogP contribution in [0.3, 0.4) is 0 Å². The summed E-state index contributed by atoms with van der Waals surface area (Å²) < 4.78 is 1.45. The minimum Gasteiger partial charge on any atom is -0.368 e. The van der Waals surface area contributed by atoms with E-state index in [0.717, 1.165) is 5.39 Å². The monoisotopic (exact) mass is 357 g/mol. The second kappa shape index (κ2) is 6.96. The number of halogens is 2. The van der Waals surface area contributed by atoms with Crippen LogP contribution in [-0.4, -0.2) is 16.1 Å². The van der Waals surface area contributed by atoms with Crippen LogP contribution in [0.2, 0.25) is 10.0 Å². The molecule has 1 N–H and O–H groups in total. The molecule has 0 aliphatic rings. The van der Waals surface area contributed by atoms with Crippen LogP contribution < -0.4 is 11.0 Å². The third-order valence-electron chi connectivity index (χ3n) is 3.51. The molecule has 0 unspecified atom stereocenters. The van der Waals surface area contributed by atoms with Gasteiger partial charge in [0, 0.05) is 23.4 Å². The smallest absolute Gasteiger partial charge is 0.354 e. The molecule has 0 atom stereocenters. The van der Waals surface area contributed by atoms with Crippen LogP contribution in [0.15, 0.2) is 47.3 Å². The lowest BCUT2D eigenvalue weighted by atomic mass is 10.2. The summed E-state index contributed by atoms with van der Waals surface area (Å²) in [7, 11) is 0. The first kappa shape index (κ1) is 16.4. The Hall–Kier alpha value is -2.48. The zero-order chi connectivity index (χ0) is 17.1. The van der Waals surface area contributed by atoms with Crippen molar-refractivity contribution in [3.05, 3.63) is 63.0 Å².